The molecule has 2 aliphatic carbocycles. The minimum atomic E-state index is -0.645. The second-order valence-electron chi connectivity index (χ2n) is 7.71. The van der Waals surface area contributed by atoms with Crippen molar-refractivity contribution < 1.29 is 23.8 Å². The van der Waals surface area contributed by atoms with Crippen molar-refractivity contribution in [3.05, 3.63) is 29.3 Å². The first-order valence-electron chi connectivity index (χ1n) is 9.26. The van der Waals surface area contributed by atoms with Crippen molar-refractivity contribution in [3.63, 3.8) is 0 Å². The third kappa shape index (κ3) is 3.08. The molecule has 3 rings (SSSR count). The summed E-state index contributed by atoms with van der Waals surface area (Å²) in [5.74, 6) is 0.960. The third-order valence-electron chi connectivity index (χ3n) is 6.59. The molecule has 0 aliphatic heterocycles. The quantitative estimate of drug-likeness (QED) is 0.769. The number of benzene rings is 1. The van der Waals surface area contributed by atoms with Crippen LogP contribution in [0.15, 0.2) is 18.2 Å². The zero-order valence-electron chi connectivity index (χ0n) is 16.0. The molecule has 1 fully saturated rings. The smallest absolute Gasteiger partial charge is 0.311 e. The van der Waals surface area contributed by atoms with Crippen LogP contribution in [0.4, 0.5) is 0 Å². The van der Waals surface area contributed by atoms with E-state index in [-0.39, 0.29) is 30.2 Å². The fourth-order valence-electron chi connectivity index (χ4n) is 5.13. The minimum Gasteiger partial charge on any atom is -0.497 e. The monoisotopic (exact) mass is 360 g/mol. The van der Waals surface area contributed by atoms with Gasteiger partial charge in [-0.25, -0.2) is 0 Å². The Morgan fingerprint density at radius 3 is 2.58 bits per heavy atom. The zero-order valence-corrected chi connectivity index (χ0v) is 16.0. The van der Waals surface area contributed by atoms with Crippen LogP contribution in [0.3, 0.4) is 0 Å². The van der Waals surface area contributed by atoms with Crippen LogP contribution >= 0.6 is 0 Å². The fourth-order valence-corrected chi connectivity index (χ4v) is 5.13. The highest BCUT2D eigenvalue weighted by Crippen LogP contribution is 2.56. The minimum absolute atomic E-state index is 0.0728. The topological polar surface area (TPSA) is 61.8 Å². The molecule has 5 heteroatoms. The van der Waals surface area contributed by atoms with Crippen molar-refractivity contribution in [2.45, 2.75) is 44.9 Å². The second-order valence-corrected chi connectivity index (χ2v) is 7.71. The van der Waals surface area contributed by atoms with E-state index in [2.05, 4.69) is 12.1 Å². The maximum Gasteiger partial charge on any atom is 0.311 e. The lowest BCUT2D eigenvalue weighted by molar-refractivity contribution is -0.163. The average molecular weight is 360 g/mol. The van der Waals surface area contributed by atoms with Gasteiger partial charge in [-0.15, -0.1) is 0 Å². The van der Waals surface area contributed by atoms with E-state index < -0.39 is 5.41 Å². The first kappa shape index (κ1) is 18.7. The van der Waals surface area contributed by atoms with Gasteiger partial charge in [0.25, 0.3) is 0 Å². The molecule has 1 aromatic rings. The number of aryl methyl sites for hydroxylation is 1. The molecule has 0 saturated heterocycles. The molecule has 2 aliphatic rings. The second kappa shape index (κ2) is 7.29. The van der Waals surface area contributed by atoms with Gasteiger partial charge in [-0.2, -0.15) is 0 Å². The molecule has 0 N–H and O–H groups in total. The van der Waals surface area contributed by atoms with Crippen molar-refractivity contribution in [2.75, 3.05) is 21.3 Å². The van der Waals surface area contributed by atoms with Crippen molar-refractivity contribution in [3.8, 4) is 5.75 Å². The molecule has 0 aromatic heterocycles. The first-order chi connectivity index (χ1) is 12.4. The molecule has 5 nitrogen and oxygen atoms in total. The average Bonchev–Trinajstić information content (AvgIpc) is 2.68. The zero-order chi connectivity index (χ0) is 18.9. The first-order valence-corrected chi connectivity index (χ1v) is 9.26. The Morgan fingerprint density at radius 1 is 1.15 bits per heavy atom. The molecular formula is C21H28O5. The summed E-state index contributed by atoms with van der Waals surface area (Å²) in [5.41, 5.74) is 2.02. The summed E-state index contributed by atoms with van der Waals surface area (Å²) in [6.07, 6.45) is 3.79. The molecule has 0 bridgehead atoms. The van der Waals surface area contributed by atoms with Crippen LogP contribution in [0.1, 0.15) is 49.7 Å². The summed E-state index contributed by atoms with van der Waals surface area (Å²) < 4.78 is 15.4. The highest BCUT2D eigenvalue weighted by molar-refractivity contribution is 5.79. The Kier molecular flexibility index (Phi) is 5.26. The van der Waals surface area contributed by atoms with Crippen LogP contribution in [0, 0.1) is 17.3 Å². The van der Waals surface area contributed by atoms with Gasteiger partial charge in [0, 0.05) is 6.42 Å². The Labute approximate surface area is 155 Å². The van der Waals surface area contributed by atoms with Gasteiger partial charge >= 0.3 is 11.9 Å². The number of carbonyl (C=O) groups is 2. The summed E-state index contributed by atoms with van der Waals surface area (Å²) in [7, 11) is 4.51. The van der Waals surface area contributed by atoms with E-state index in [1.807, 2.05) is 13.0 Å². The number of fused-ring (bicyclic) bond motifs is 3. The van der Waals surface area contributed by atoms with E-state index in [4.69, 9.17) is 14.2 Å². The molecule has 0 heterocycles. The fraction of sp³-hybridized carbons (Fsp3) is 0.619. The summed E-state index contributed by atoms with van der Waals surface area (Å²) in [6.45, 7) is 1.95. The van der Waals surface area contributed by atoms with Crippen molar-refractivity contribution in [2.24, 2.45) is 17.3 Å². The van der Waals surface area contributed by atoms with Gasteiger partial charge in [-0.05, 0) is 73.6 Å². The Morgan fingerprint density at radius 2 is 1.92 bits per heavy atom. The highest BCUT2D eigenvalue weighted by atomic mass is 16.5. The predicted octanol–water partition coefficient (Wildman–Crippen LogP) is 3.49. The third-order valence-corrected chi connectivity index (χ3v) is 6.59. The summed E-state index contributed by atoms with van der Waals surface area (Å²) in [4.78, 5) is 24.7. The van der Waals surface area contributed by atoms with Gasteiger partial charge in [0.2, 0.25) is 0 Å². The Hall–Kier alpha value is -2.04. The molecule has 0 spiro atoms. The largest absolute Gasteiger partial charge is 0.497 e. The number of hydrogen-bond donors (Lipinski definition) is 0. The molecule has 0 unspecified atom stereocenters. The maximum absolute atomic E-state index is 12.6. The standard InChI is InChI=1S/C21H28O5/c1-21(20(23)26-4)10-9-16-15-8-6-14(24-2)11-13(15)5-7-17(16)18(21)12-19(22)25-3/h6,8,11,16-18H,5,7,9-10,12H2,1-4H3/t16-,17+,18+,21+/m1/s1. The molecular weight excluding hydrogens is 332 g/mol. The molecule has 26 heavy (non-hydrogen) atoms. The van der Waals surface area contributed by atoms with Crippen LogP contribution in [-0.2, 0) is 25.5 Å². The van der Waals surface area contributed by atoms with E-state index in [9.17, 15) is 9.59 Å². The number of carbonyl (C=O) groups excluding carboxylic acids is 2. The number of hydrogen-bond acceptors (Lipinski definition) is 5. The lowest BCUT2D eigenvalue weighted by atomic mass is 9.54. The summed E-state index contributed by atoms with van der Waals surface area (Å²) in [5, 5.41) is 0. The van der Waals surface area contributed by atoms with Crippen LogP contribution in [-0.4, -0.2) is 33.3 Å². The van der Waals surface area contributed by atoms with Gasteiger partial charge < -0.3 is 14.2 Å². The number of rotatable bonds is 4. The van der Waals surface area contributed by atoms with Crippen molar-refractivity contribution in [1.29, 1.82) is 0 Å². The lowest BCUT2D eigenvalue weighted by Crippen LogP contribution is -2.48. The number of ether oxygens (including phenoxy) is 3. The van der Waals surface area contributed by atoms with Gasteiger partial charge in [-0.3, -0.25) is 9.59 Å². The van der Waals surface area contributed by atoms with Gasteiger partial charge in [0.05, 0.1) is 26.7 Å². The molecule has 4 atom stereocenters. The molecule has 0 radical (unpaired) electrons. The van der Waals surface area contributed by atoms with Crippen LogP contribution in [0.5, 0.6) is 5.75 Å². The van der Waals surface area contributed by atoms with Crippen LogP contribution in [0.25, 0.3) is 0 Å². The molecule has 1 aromatic carbocycles. The Bertz CT molecular complexity index is 698. The van der Waals surface area contributed by atoms with E-state index in [1.54, 1.807) is 7.11 Å². The maximum atomic E-state index is 12.6. The van der Waals surface area contributed by atoms with E-state index in [0.29, 0.717) is 12.3 Å². The van der Waals surface area contributed by atoms with Crippen LogP contribution in [0.2, 0.25) is 0 Å². The van der Waals surface area contributed by atoms with E-state index >= 15 is 0 Å². The van der Waals surface area contributed by atoms with Crippen molar-refractivity contribution >= 4 is 11.9 Å². The number of methoxy groups -OCH3 is 3. The SMILES string of the molecule is COC(=O)C[C@H]1[C@H]2CCc3cc(OC)ccc3[C@H]2CC[C@]1(C)C(=O)OC. The van der Waals surface area contributed by atoms with Gasteiger partial charge in [-0.1, -0.05) is 6.07 Å². The van der Waals surface area contributed by atoms with Gasteiger partial charge in [0.15, 0.2) is 0 Å². The summed E-state index contributed by atoms with van der Waals surface area (Å²) in [6, 6.07) is 6.28. The normalized spacial score (nSPS) is 29.9. The summed E-state index contributed by atoms with van der Waals surface area (Å²) >= 11 is 0. The van der Waals surface area contributed by atoms with Crippen LogP contribution < -0.4 is 4.74 Å². The predicted molar refractivity (Wildman–Crippen MR) is 97.0 cm³/mol. The molecule has 1 saturated carbocycles. The Balaban J connectivity index is 1.97. The lowest BCUT2D eigenvalue weighted by Gasteiger charge is -2.50. The van der Waals surface area contributed by atoms with E-state index in [1.165, 1.54) is 25.3 Å². The molecule has 142 valence electrons. The van der Waals surface area contributed by atoms with Crippen molar-refractivity contribution in [1.82, 2.24) is 0 Å². The number of esters is 2. The highest BCUT2D eigenvalue weighted by Gasteiger charge is 2.53. The molecule has 0 amide bonds. The van der Waals surface area contributed by atoms with E-state index in [0.717, 1.165) is 25.0 Å². The van der Waals surface area contributed by atoms with Gasteiger partial charge in [0.1, 0.15) is 5.75 Å².